The number of carbonyl (C=O) groups excluding carboxylic acids is 3. The van der Waals surface area contributed by atoms with Gasteiger partial charge in [-0.15, -0.1) is 0 Å². The number of ether oxygens (including phenoxy) is 1. The van der Waals surface area contributed by atoms with Crippen LogP contribution in [0.2, 0.25) is 0 Å². The van der Waals surface area contributed by atoms with Crippen LogP contribution in [-0.2, 0) is 9.53 Å². The standard InChI is InChI=1S/C21H28N2O4/c1-27-21(26)18-8-4-7-17(14-18)20(25)23-13-5-6-16(15-23)9-10-19(24)22-11-2-3-12-22/h4,7-8,14,16H,2-3,5-6,9-13,15H2,1H3. The summed E-state index contributed by atoms with van der Waals surface area (Å²) in [7, 11) is 1.33. The molecule has 0 saturated carbocycles. The maximum absolute atomic E-state index is 12.9. The normalized spacial score (nSPS) is 19.8. The highest BCUT2D eigenvalue weighted by Crippen LogP contribution is 2.24. The van der Waals surface area contributed by atoms with Gasteiger partial charge in [-0.3, -0.25) is 9.59 Å². The topological polar surface area (TPSA) is 66.9 Å². The fourth-order valence-electron chi connectivity index (χ4n) is 4.02. The van der Waals surface area contributed by atoms with Crippen molar-refractivity contribution in [1.29, 1.82) is 0 Å². The van der Waals surface area contributed by atoms with Gasteiger partial charge in [-0.05, 0) is 56.2 Å². The molecule has 6 heteroatoms. The molecule has 1 atom stereocenters. The Balaban J connectivity index is 1.56. The number of piperidine rings is 1. The molecule has 1 aromatic rings. The summed E-state index contributed by atoms with van der Waals surface area (Å²) < 4.78 is 4.73. The lowest BCUT2D eigenvalue weighted by Gasteiger charge is -2.33. The Morgan fingerprint density at radius 2 is 1.74 bits per heavy atom. The monoisotopic (exact) mass is 372 g/mol. The van der Waals surface area contributed by atoms with E-state index in [9.17, 15) is 14.4 Å². The summed E-state index contributed by atoms with van der Waals surface area (Å²) in [6.07, 6.45) is 5.64. The highest BCUT2D eigenvalue weighted by Gasteiger charge is 2.26. The molecule has 2 aliphatic rings. The average molecular weight is 372 g/mol. The predicted octanol–water partition coefficient (Wildman–Crippen LogP) is 2.73. The molecule has 0 spiro atoms. The number of esters is 1. The fourth-order valence-corrected chi connectivity index (χ4v) is 4.02. The quantitative estimate of drug-likeness (QED) is 0.746. The smallest absolute Gasteiger partial charge is 0.337 e. The van der Waals surface area contributed by atoms with Gasteiger partial charge in [0.2, 0.25) is 5.91 Å². The van der Waals surface area contributed by atoms with Gasteiger partial charge in [-0.2, -0.15) is 0 Å². The lowest BCUT2D eigenvalue weighted by Crippen LogP contribution is -2.40. The van der Waals surface area contributed by atoms with E-state index in [2.05, 4.69) is 0 Å². The molecule has 2 amide bonds. The maximum Gasteiger partial charge on any atom is 0.337 e. The molecule has 3 rings (SSSR count). The van der Waals surface area contributed by atoms with E-state index in [1.54, 1.807) is 24.3 Å². The molecular weight excluding hydrogens is 344 g/mol. The minimum atomic E-state index is -0.443. The summed E-state index contributed by atoms with van der Waals surface area (Å²) >= 11 is 0. The summed E-state index contributed by atoms with van der Waals surface area (Å²) in [6.45, 7) is 3.18. The van der Waals surface area contributed by atoms with Gasteiger partial charge < -0.3 is 14.5 Å². The van der Waals surface area contributed by atoms with Crippen LogP contribution in [0.5, 0.6) is 0 Å². The lowest BCUT2D eigenvalue weighted by atomic mass is 9.92. The van der Waals surface area contributed by atoms with E-state index in [0.717, 1.165) is 51.7 Å². The number of carbonyl (C=O) groups is 3. The second-order valence-electron chi connectivity index (χ2n) is 7.46. The first-order valence-corrected chi connectivity index (χ1v) is 9.84. The van der Waals surface area contributed by atoms with Crippen LogP contribution < -0.4 is 0 Å². The minimum Gasteiger partial charge on any atom is -0.465 e. The molecule has 6 nitrogen and oxygen atoms in total. The van der Waals surface area contributed by atoms with Crippen LogP contribution in [0.1, 0.15) is 59.2 Å². The Morgan fingerprint density at radius 1 is 1.04 bits per heavy atom. The van der Waals surface area contributed by atoms with Crippen molar-refractivity contribution in [2.45, 2.75) is 38.5 Å². The van der Waals surface area contributed by atoms with Gasteiger partial charge in [0.1, 0.15) is 0 Å². The third kappa shape index (κ3) is 4.87. The lowest BCUT2D eigenvalue weighted by molar-refractivity contribution is -0.130. The van der Waals surface area contributed by atoms with Crippen molar-refractivity contribution in [3.8, 4) is 0 Å². The fraction of sp³-hybridized carbons (Fsp3) is 0.571. The largest absolute Gasteiger partial charge is 0.465 e. The molecule has 0 bridgehead atoms. The number of amides is 2. The maximum atomic E-state index is 12.9. The van der Waals surface area contributed by atoms with Crippen LogP contribution in [0.4, 0.5) is 0 Å². The molecule has 146 valence electrons. The first-order valence-electron chi connectivity index (χ1n) is 9.84. The first kappa shape index (κ1) is 19.4. The second-order valence-corrected chi connectivity index (χ2v) is 7.46. The predicted molar refractivity (Wildman–Crippen MR) is 101 cm³/mol. The zero-order chi connectivity index (χ0) is 19.2. The van der Waals surface area contributed by atoms with Gasteiger partial charge in [-0.1, -0.05) is 6.07 Å². The highest BCUT2D eigenvalue weighted by molar-refractivity contribution is 5.98. The van der Waals surface area contributed by atoms with Crippen LogP contribution in [0.15, 0.2) is 24.3 Å². The number of likely N-dealkylation sites (tertiary alicyclic amines) is 2. The van der Waals surface area contributed by atoms with E-state index in [1.165, 1.54) is 7.11 Å². The Morgan fingerprint density at radius 3 is 2.48 bits per heavy atom. The number of rotatable bonds is 5. The van der Waals surface area contributed by atoms with Gasteiger partial charge in [0.05, 0.1) is 12.7 Å². The van der Waals surface area contributed by atoms with Gasteiger partial charge in [0.25, 0.3) is 5.91 Å². The zero-order valence-electron chi connectivity index (χ0n) is 16.0. The van der Waals surface area contributed by atoms with Gasteiger partial charge >= 0.3 is 5.97 Å². The number of methoxy groups -OCH3 is 1. The van der Waals surface area contributed by atoms with E-state index >= 15 is 0 Å². The summed E-state index contributed by atoms with van der Waals surface area (Å²) in [4.78, 5) is 40.6. The molecule has 2 fully saturated rings. The Hall–Kier alpha value is -2.37. The Labute approximate surface area is 160 Å². The Bertz CT molecular complexity index is 697. The number of hydrogen-bond donors (Lipinski definition) is 0. The van der Waals surface area contributed by atoms with Gasteiger partial charge in [0, 0.05) is 38.2 Å². The van der Waals surface area contributed by atoms with Crippen LogP contribution in [0.3, 0.4) is 0 Å². The third-order valence-electron chi connectivity index (χ3n) is 5.56. The van der Waals surface area contributed by atoms with Crippen molar-refractivity contribution in [3.05, 3.63) is 35.4 Å². The summed E-state index contributed by atoms with van der Waals surface area (Å²) in [6, 6.07) is 6.67. The van der Waals surface area contributed by atoms with Crippen molar-refractivity contribution in [3.63, 3.8) is 0 Å². The number of hydrogen-bond acceptors (Lipinski definition) is 4. The molecule has 27 heavy (non-hydrogen) atoms. The van der Waals surface area contributed by atoms with E-state index < -0.39 is 5.97 Å². The molecule has 0 aliphatic carbocycles. The third-order valence-corrected chi connectivity index (χ3v) is 5.56. The Kier molecular flexibility index (Phi) is 6.48. The van der Waals surface area contributed by atoms with E-state index in [-0.39, 0.29) is 11.8 Å². The van der Waals surface area contributed by atoms with Crippen LogP contribution in [-0.4, -0.2) is 60.9 Å². The highest BCUT2D eigenvalue weighted by atomic mass is 16.5. The van der Waals surface area contributed by atoms with Gasteiger partial charge in [-0.25, -0.2) is 4.79 Å². The van der Waals surface area contributed by atoms with Crippen LogP contribution >= 0.6 is 0 Å². The van der Waals surface area contributed by atoms with Gasteiger partial charge in [0.15, 0.2) is 0 Å². The molecular formula is C21H28N2O4. The molecule has 2 saturated heterocycles. The average Bonchev–Trinajstić information content (AvgIpc) is 3.26. The molecule has 0 aromatic heterocycles. The number of nitrogens with zero attached hydrogens (tertiary/aromatic N) is 2. The van der Waals surface area contributed by atoms with Crippen LogP contribution in [0, 0.1) is 5.92 Å². The SMILES string of the molecule is COC(=O)c1cccc(C(=O)N2CCCC(CCC(=O)N3CCCC3)C2)c1. The first-order chi connectivity index (χ1) is 13.1. The molecule has 0 radical (unpaired) electrons. The van der Waals surface area contributed by atoms with Crippen molar-refractivity contribution < 1.29 is 19.1 Å². The molecule has 0 N–H and O–H groups in total. The van der Waals surface area contributed by atoms with Crippen LogP contribution in [0.25, 0.3) is 0 Å². The molecule has 2 heterocycles. The van der Waals surface area contributed by atoms with E-state index in [1.807, 2.05) is 9.80 Å². The van der Waals surface area contributed by atoms with Crippen molar-refractivity contribution >= 4 is 17.8 Å². The summed E-state index contributed by atoms with van der Waals surface area (Å²) in [5, 5.41) is 0. The zero-order valence-corrected chi connectivity index (χ0v) is 16.0. The van der Waals surface area contributed by atoms with E-state index in [0.29, 0.717) is 30.0 Å². The van der Waals surface area contributed by atoms with Crippen molar-refractivity contribution in [2.24, 2.45) is 5.92 Å². The summed E-state index contributed by atoms with van der Waals surface area (Å²) in [5.74, 6) is 0.109. The molecule has 2 aliphatic heterocycles. The van der Waals surface area contributed by atoms with Crippen molar-refractivity contribution in [1.82, 2.24) is 9.80 Å². The second kappa shape index (κ2) is 9.02. The summed E-state index contributed by atoms with van der Waals surface area (Å²) in [5.41, 5.74) is 0.889. The molecule has 1 unspecified atom stereocenters. The van der Waals surface area contributed by atoms with E-state index in [4.69, 9.17) is 4.74 Å². The minimum absolute atomic E-state index is 0.0590. The number of benzene rings is 1. The van der Waals surface area contributed by atoms with Crippen molar-refractivity contribution in [2.75, 3.05) is 33.3 Å². The molecule has 1 aromatic carbocycles.